The zero-order chi connectivity index (χ0) is 9.68. The van der Waals surface area contributed by atoms with Gasteiger partial charge in [0, 0.05) is 6.54 Å². The predicted octanol–water partition coefficient (Wildman–Crippen LogP) is 2.48. The molecule has 74 valence electrons. The maximum absolute atomic E-state index is 4.08. The average Bonchev–Trinajstić information content (AvgIpc) is 2.43. The Balaban J connectivity index is 2.32. The smallest absolute Gasteiger partial charge is 0.0825 e. The lowest BCUT2D eigenvalue weighted by Crippen LogP contribution is -2.02. The summed E-state index contributed by atoms with van der Waals surface area (Å²) in [6, 6.07) is 0. The van der Waals surface area contributed by atoms with Crippen molar-refractivity contribution in [1.82, 2.24) is 15.0 Å². The Kier molecular flexibility index (Phi) is 3.93. The fourth-order valence-corrected chi connectivity index (χ4v) is 1.35. The summed E-state index contributed by atoms with van der Waals surface area (Å²) in [6.07, 6.45) is 5.13. The molecule has 0 spiro atoms. The minimum Gasteiger partial charge on any atom is -0.249 e. The third-order valence-electron chi connectivity index (χ3n) is 2.44. The van der Waals surface area contributed by atoms with Gasteiger partial charge in [0.25, 0.3) is 0 Å². The van der Waals surface area contributed by atoms with E-state index in [4.69, 9.17) is 0 Å². The maximum Gasteiger partial charge on any atom is 0.0825 e. The van der Waals surface area contributed by atoms with Gasteiger partial charge in [-0.3, -0.25) is 0 Å². The number of rotatable bonds is 5. The van der Waals surface area contributed by atoms with Gasteiger partial charge in [0.2, 0.25) is 0 Å². The molecule has 0 aliphatic rings. The molecule has 0 unspecified atom stereocenters. The molecular formula is C10H19N3. The highest BCUT2D eigenvalue weighted by Crippen LogP contribution is 2.05. The molecule has 0 saturated carbocycles. The van der Waals surface area contributed by atoms with Gasteiger partial charge in [0.15, 0.2) is 0 Å². The molecule has 0 aliphatic heterocycles. The number of hydrogen-bond donors (Lipinski definition) is 0. The third kappa shape index (κ3) is 2.83. The highest BCUT2D eigenvalue weighted by Gasteiger charge is 2.02. The van der Waals surface area contributed by atoms with Crippen LogP contribution in [0.2, 0.25) is 0 Å². The van der Waals surface area contributed by atoms with E-state index < -0.39 is 0 Å². The van der Waals surface area contributed by atoms with Crippen LogP contribution in [0.15, 0.2) is 0 Å². The highest BCUT2D eigenvalue weighted by molar-refractivity contribution is 5.04. The minimum absolute atomic E-state index is 1.02. The summed E-state index contributed by atoms with van der Waals surface area (Å²) in [7, 11) is 0. The molecule has 0 amide bonds. The molecule has 0 fully saturated rings. The minimum atomic E-state index is 1.02. The molecule has 0 atom stereocenters. The number of aromatic nitrogens is 3. The van der Waals surface area contributed by atoms with Crippen LogP contribution in [0.1, 0.15) is 44.0 Å². The fourth-order valence-electron chi connectivity index (χ4n) is 1.35. The van der Waals surface area contributed by atoms with Gasteiger partial charge < -0.3 is 0 Å². The summed E-state index contributed by atoms with van der Waals surface area (Å²) in [5.41, 5.74) is 2.26. The van der Waals surface area contributed by atoms with Crippen LogP contribution >= 0.6 is 0 Å². The molecule has 1 rings (SSSR count). The zero-order valence-corrected chi connectivity index (χ0v) is 8.88. The van der Waals surface area contributed by atoms with Crippen molar-refractivity contribution < 1.29 is 0 Å². The van der Waals surface area contributed by atoms with E-state index in [1.807, 2.05) is 11.6 Å². The Hall–Kier alpha value is -0.860. The molecule has 0 radical (unpaired) electrons. The predicted molar refractivity (Wildman–Crippen MR) is 53.6 cm³/mol. The van der Waals surface area contributed by atoms with Gasteiger partial charge in [-0.15, -0.1) is 5.10 Å². The second-order valence-electron chi connectivity index (χ2n) is 3.54. The van der Waals surface area contributed by atoms with E-state index >= 15 is 0 Å². The Labute approximate surface area is 80.1 Å². The van der Waals surface area contributed by atoms with E-state index in [0.717, 1.165) is 12.2 Å². The van der Waals surface area contributed by atoms with Crippen LogP contribution in [0.3, 0.4) is 0 Å². The fraction of sp³-hybridized carbons (Fsp3) is 0.800. The van der Waals surface area contributed by atoms with Gasteiger partial charge >= 0.3 is 0 Å². The lowest BCUT2D eigenvalue weighted by molar-refractivity contribution is 0.519. The maximum atomic E-state index is 4.08. The van der Waals surface area contributed by atoms with Gasteiger partial charge in [-0.05, 0) is 20.3 Å². The van der Waals surface area contributed by atoms with Crippen molar-refractivity contribution in [3.63, 3.8) is 0 Å². The van der Waals surface area contributed by atoms with Crippen molar-refractivity contribution in [2.24, 2.45) is 0 Å². The molecule has 3 nitrogen and oxygen atoms in total. The number of hydrogen-bond acceptors (Lipinski definition) is 2. The number of aryl methyl sites for hydroxylation is 2. The number of unbranched alkanes of at least 4 members (excludes halogenated alkanes) is 3. The summed E-state index contributed by atoms with van der Waals surface area (Å²) in [5.74, 6) is 0. The van der Waals surface area contributed by atoms with E-state index in [2.05, 4.69) is 24.2 Å². The van der Waals surface area contributed by atoms with Crippen LogP contribution in [-0.2, 0) is 6.54 Å². The Bertz CT molecular complexity index is 253. The van der Waals surface area contributed by atoms with Gasteiger partial charge in [0.1, 0.15) is 0 Å². The van der Waals surface area contributed by atoms with Gasteiger partial charge in [-0.25, -0.2) is 4.68 Å². The lowest BCUT2D eigenvalue weighted by atomic mass is 10.2. The van der Waals surface area contributed by atoms with Crippen molar-refractivity contribution >= 4 is 0 Å². The van der Waals surface area contributed by atoms with Crippen LogP contribution < -0.4 is 0 Å². The molecule has 0 aromatic carbocycles. The van der Waals surface area contributed by atoms with E-state index in [9.17, 15) is 0 Å². The first-order valence-corrected chi connectivity index (χ1v) is 5.12. The topological polar surface area (TPSA) is 30.7 Å². The molecule has 0 bridgehead atoms. The van der Waals surface area contributed by atoms with Gasteiger partial charge in [0.05, 0.1) is 11.4 Å². The first-order chi connectivity index (χ1) is 6.25. The largest absolute Gasteiger partial charge is 0.249 e. The molecule has 1 heterocycles. The van der Waals surface area contributed by atoms with Crippen molar-refractivity contribution in [1.29, 1.82) is 0 Å². The Morgan fingerprint density at radius 3 is 2.46 bits per heavy atom. The van der Waals surface area contributed by atoms with E-state index in [1.54, 1.807) is 0 Å². The quantitative estimate of drug-likeness (QED) is 0.653. The second kappa shape index (κ2) is 5.00. The van der Waals surface area contributed by atoms with Crippen molar-refractivity contribution in [3.05, 3.63) is 11.4 Å². The van der Waals surface area contributed by atoms with Crippen LogP contribution in [0, 0.1) is 13.8 Å². The van der Waals surface area contributed by atoms with Crippen molar-refractivity contribution in [3.8, 4) is 0 Å². The Morgan fingerprint density at radius 1 is 1.15 bits per heavy atom. The zero-order valence-electron chi connectivity index (χ0n) is 8.88. The molecule has 0 N–H and O–H groups in total. The monoisotopic (exact) mass is 181 g/mol. The molecule has 0 aliphatic carbocycles. The first kappa shape index (κ1) is 10.2. The second-order valence-corrected chi connectivity index (χ2v) is 3.54. The first-order valence-electron chi connectivity index (χ1n) is 5.12. The standard InChI is InChI=1S/C10H19N3/c1-4-5-6-7-8-13-10(3)9(2)11-12-13/h4-8H2,1-3H3. The number of nitrogens with zero attached hydrogens (tertiary/aromatic N) is 3. The molecule has 1 aromatic heterocycles. The highest BCUT2D eigenvalue weighted by atomic mass is 15.4. The van der Waals surface area contributed by atoms with Crippen LogP contribution in [0.4, 0.5) is 0 Å². The summed E-state index contributed by atoms with van der Waals surface area (Å²) in [6.45, 7) is 7.33. The van der Waals surface area contributed by atoms with Gasteiger partial charge in [-0.2, -0.15) is 0 Å². The van der Waals surface area contributed by atoms with E-state index in [1.165, 1.54) is 31.4 Å². The van der Waals surface area contributed by atoms with Crippen LogP contribution in [-0.4, -0.2) is 15.0 Å². The van der Waals surface area contributed by atoms with E-state index in [-0.39, 0.29) is 0 Å². The summed E-state index contributed by atoms with van der Waals surface area (Å²) < 4.78 is 2.00. The third-order valence-corrected chi connectivity index (χ3v) is 2.44. The van der Waals surface area contributed by atoms with Crippen molar-refractivity contribution in [2.45, 2.75) is 53.0 Å². The van der Waals surface area contributed by atoms with Crippen LogP contribution in [0.5, 0.6) is 0 Å². The average molecular weight is 181 g/mol. The molecular weight excluding hydrogens is 162 g/mol. The normalized spacial score (nSPS) is 10.7. The van der Waals surface area contributed by atoms with Crippen molar-refractivity contribution in [2.75, 3.05) is 0 Å². The Morgan fingerprint density at radius 2 is 1.92 bits per heavy atom. The summed E-state index contributed by atoms with van der Waals surface area (Å²) in [4.78, 5) is 0. The molecule has 0 saturated heterocycles. The summed E-state index contributed by atoms with van der Waals surface area (Å²) >= 11 is 0. The van der Waals surface area contributed by atoms with E-state index in [0.29, 0.717) is 0 Å². The molecule has 1 aromatic rings. The molecule has 3 heteroatoms. The SMILES string of the molecule is CCCCCCn1nnc(C)c1C. The lowest BCUT2D eigenvalue weighted by Gasteiger charge is -2.02. The molecule has 13 heavy (non-hydrogen) atoms. The van der Waals surface area contributed by atoms with Gasteiger partial charge in [-0.1, -0.05) is 31.4 Å². The van der Waals surface area contributed by atoms with Crippen LogP contribution in [0.25, 0.3) is 0 Å². The summed E-state index contributed by atoms with van der Waals surface area (Å²) in [5, 5.41) is 8.11.